The van der Waals surface area contributed by atoms with Crippen molar-refractivity contribution in [2.75, 3.05) is 7.11 Å². The van der Waals surface area contributed by atoms with Gasteiger partial charge in [-0.1, -0.05) is 18.2 Å². The minimum Gasteiger partial charge on any atom is -0.469 e. The highest BCUT2D eigenvalue weighted by Gasteiger charge is 2.55. The summed E-state index contributed by atoms with van der Waals surface area (Å²) in [6.07, 6.45) is 13.8. The molecule has 0 heterocycles. The average Bonchev–Trinajstić information content (AvgIpc) is 3.15. The van der Waals surface area contributed by atoms with Gasteiger partial charge in [0.1, 0.15) is 0 Å². The highest BCUT2D eigenvalue weighted by Crippen LogP contribution is 2.63. The molecular weight excluding hydrogens is 248 g/mol. The Hall–Kier alpha value is -1.05. The van der Waals surface area contributed by atoms with Crippen LogP contribution in [0, 0.1) is 35.5 Å². The zero-order valence-corrected chi connectivity index (χ0v) is 12.5. The monoisotopic (exact) mass is 274 g/mol. The lowest BCUT2D eigenvalue weighted by atomic mass is 9.76. The summed E-state index contributed by atoms with van der Waals surface area (Å²) in [5.74, 6) is 5.07. The Balaban J connectivity index is 1.61. The number of esters is 1. The standard InChI is InChI=1S/C18H26O2/c1-3-12-10-13(6-4-5-7-16(19)20-2)18-15-9-8-14(11-15)17(12)18/h3-4,6,12-15,17-18H,1,5,7-11H2,2H3/b6-4+. The highest BCUT2D eigenvalue weighted by atomic mass is 16.5. The topological polar surface area (TPSA) is 26.3 Å². The van der Waals surface area contributed by atoms with Crippen LogP contribution in [-0.4, -0.2) is 13.1 Å². The number of hydrogen-bond acceptors (Lipinski definition) is 2. The molecule has 2 heteroatoms. The number of fused-ring (bicyclic) bond motifs is 5. The van der Waals surface area contributed by atoms with Crippen LogP contribution in [0.15, 0.2) is 24.8 Å². The molecule has 3 aliphatic rings. The maximum absolute atomic E-state index is 11.1. The molecule has 0 spiro atoms. The van der Waals surface area contributed by atoms with Crippen molar-refractivity contribution in [2.45, 2.75) is 38.5 Å². The maximum atomic E-state index is 11.1. The van der Waals surface area contributed by atoms with Crippen LogP contribution >= 0.6 is 0 Å². The Morgan fingerprint density at radius 1 is 1.20 bits per heavy atom. The van der Waals surface area contributed by atoms with E-state index in [0.29, 0.717) is 6.42 Å². The van der Waals surface area contributed by atoms with E-state index in [4.69, 9.17) is 0 Å². The van der Waals surface area contributed by atoms with Crippen LogP contribution in [0.3, 0.4) is 0 Å². The van der Waals surface area contributed by atoms with E-state index in [0.717, 1.165) is 41.9 Å². The first kappa shape index (κ1) is 13.9. The highest BCUT2D eigenvalue weighted by molar-refractivity contribution is 5.69. The van der Waals surface area contributed by atoms with Crippen molar-refractivity contribution in [3.8, 4) is 0 Å². The molecule has 0 amide bonds. The lowest BCUT2D eigenvalue weighted by Gasteiger charge is -2.29. The third-order valence-electron chi connectivity index (χ3n) is 6.01. The second kappa shape index (κ2) is 5.75. The molecule has 0 radical (unpaired) electrons. The molecule has 0 aliphatic heterocycles. The summed E-state index contributed by atoms with van der Waals surface area (Å²) in [4.78, 5) is 11.1. The minimum atomic E-state index is -0.108. The van der Waals surface area contributed by atoms with Gasteiger partial charge in [0.2, 0.25) is 0 Å². The fourth-order valence-electron chi connectivity index (χ4n) is 5.31. The number of carbonyl (C=O) groups is 1. The van der Waals surface area contributed by atoms with Crippen molar-refractivity contribution in [1.82, 2.24) is 0 Å². The van der Waals surface area contributed by atoms with Crippen LogP contribution in [0.25, 0.3) is 0 Å². The van der Waals surface area contributed by atoms with Gasteiger partial charge in [0.15, 0.2) is 0 Å². The molecule has 0 N–H and O–H groups in total. The van der Waals surface area contributed by atoms with E-state index in [1.807, 2.05) is 0 Å². The molecule has 2 bridgehead atoms. The summed E-state index contributed by atoms with van der Waals surface area (Å²) in [5, 5.41) is 0. The van der Waals surface area contributed by atoms with Crippen molar-refractivity contribution < 1.29 is 9.53 Å². The summed E-state index contributed by atoms with van der Waals surface area (Å²) in [7, 11) is 1.46. The predicted molar refractivity (Wildman–Crippen MR) is 80.0 cm³/mol. The van der Waals surface area contributed by atoms with E-state index in [-0.39, 0.29) is 5.97 Å². The molecule has 0 aromatic rings. The molecule has 2 nitrogen and oxygen atoms in total. The molecule has 110 valence electrons. The van der Waals surface area contributed by atoms with Crippen LogP contribution in [-0.2, 0) is 9.53 Å². The van der Waals surface area contributed by atoms with E-state index in [1.54, 1.807) is 0 Å². The number of methoxy groups -OCH3 is 1. The maximum Gasteiger partial charge on any atom is 0.305 e. The SMILES string of the molecule is C=CC1CC(/C=C/CCC(=O)OC)C2C3CCC(C3)C12. The summed E-state index contributed by atoms with van der Waals surface area (Å²) in [5.41, 5.74) is 0. The van der Waals surface area contributed by atoms with Gasteiger partial charge in [0, 0.05) is 6.42 Å². The van der Waals surface area contributed by atoms with Crippen LogP contribution < -0.4 is 0 Å². The predicted octanol–water partition coefficient (Wildman–Crippen LogP) is 3.98. The Labute approximate surface area is 122 Å². The third kappa shape index (κ3) is 2.34. The fourth-order valence-corrected chi connectivity index (χ4v) is 5.31. The summed E-state index contributed by atoms with van der Waals surface area (Å²) >= 11 is 0. The first-order valence-corrected chi connectivity index (χ1v) is 8.10. The molecule has 6 unspecified atom stereocenters. The number of rotatable bonds is 5. The molecule has 0 aromatic heterocycles. The molecule has 0 saturated heterocycles. The molecule has 3 saturated carbocycles. The Morgan fingerprint density at radius 3 is 2.55 bits per heavy atom. The van der Waals surface area contributed by atoms with Gasteiger partial charge in [-0.05, 0) is 67.6 Å². The van der Waals surface area contributed by atoms with Gasteiger partial charge in [0.25, 0.3) is 0 Å². The zero-order chi connectivity index (χ0) is 14.1. The van der Waals surface area contributed by atoms with Gasteiger partial charge in [0.05, 0.1) is 7.11 Å². The van der Waals surface area contributed by atoms with Gasteiger partial charge in [-0.15, -0.1) is 6.58 Å². The summed E-state index contributed by atoms with van der Waals surface area (Å²) in [6, 6.07) is 0. The molecule has 3 aliphatic carbocycles. The van der Waals surface area contributed by atoms with Gasteiger partial charge >= 0.3 is 5.97 Å². The lowest BCUT2D eigenvalue weighted by Crippen LogP contribution is -2.23. The quantitative estimate of drug-likeness (QED) is 0.560. The second-order valence-electron chi connectivity index (χ2n) is 6.83. The van der Waals surface area contributed by atoms with E-state index in [1.165, 1.54) is 32.8 Å². The summed E-state index contributed by atoms with van der Waals surface area (Å²) in [6.45, 7) is 4.07. The van der Waals surface area contributed by atoms with Crippen molar-refractivity contribution in [1.29, 1.82) is 0 Å². The third-order valence-corrected chi connectivity index (χ3v) is 6.01. The second-order valence-corrected chi connectivity index (χ2v) is 6.83. The van der Waals surface area contributed by atoms with E-state index < -0.39 is 0 Å². The van der Waals surface area contributed by atoms with Crippen molar-refractivity contribution in [3.05, 3.63) is 24.8 Å². The summed E-state index contributed by atoms with van der Waals surface area (Å²) < 4.78 is 4.68. The molecular formula is C18H26O2. The Morgan fingerprint density at radius 2 is 1.90 bits per heavy atom. The molecule has 3 fully saturated rings. The van der Waals surface area contributed by atoms with E-state index >= 15 is 0 Å². The van der Waals surface area contributed by atoms with Crippen LogP contribution in [0.2, 0.25) is 0 Å². The normalized spacial score (nSPS) is 42.0. The van der Waals surface area contributed by atoms with Gasteiger partial charge < -0.3 is 4.74 Å². The van der Waals surface area contributed by atoms with Gasteiger partial charge in [-0.2, -0.15) is 0 Å². The Bertz CT molecular complexity index is 412. The van der Waals surface area contributed by atoms with E-state index in [9.17, 15) is 4.79 Å². The smallest absolute Gasteiger partial charge is 0.305 e. The van der Waals surface area contributed by atoms with E-state index in [2.05, 4.69) is 29.5 Å². The van der Waals surface area contributed by atoms with Crippen LogP contribution in [0.5, 0.6) is 0 Å². The largest absolute Gasteiger partial charge is 0.469 e. The average molecular weight is 274 g/mol. The van der Waals surface area contributed by atoms with Crippen molar-refractivity contribution >= 4 is 5.97 Å². The molecule has 20 heavy (non-hydrogen) atoms. The molecule has 3 rings (SSSR count). The van der Waals surface area contributed by atoms with Crippen molar-refractivity contribution in [2.24, 2.45) is 35.5 Å². The molecule has 0 aromatic carbocycles. The Kier molecular flexibility index (Phi) is 4.00. The molecule has 6 atom stereocenters. The minimum absolute atomic E-state index is 0.108. The number of ether oxygens (including phenoxy) is 1. The lowest BCUT2D eigenvalue weighted by molar-refractivity contribution is -0.140. The number of hydrogen-bond donors (Lipinski definition) is 0. The first-order chi connectivity index (χ1) is 9.74. The number of carbonyl (C=O) groups excluding carboxylic acids is 1. The van der Waals surface area contributed by atoms with Gasteiger partial charge in [-0.3, -0.25) is 4.79 Å². The zero-order valence-electron chi connectivity index (χ0n) is 12.5. The van der Waals surface area contributed by atoms with Crippen molar-refractivity contribution in [3.63, 3.8) is 0 Å². The van der Waals surface area contributed by atoms with Gasteiger partial charge in [-0.25, -0.2) is 0 Å². The fraction of sp³-hybridized carbons (Fsp3) is 0.722. The van der Waals surface area contributed by atoms with Crippen LogP contribution in [0.4, 0.5) is 0 Å². The van der Waals surface area contributed by atoms with Crippen LogP contribution in [0.1, 0.15) is 38.5 Å². The number of allylic oxidation sites excluding steroid dienone is 3. The first-order valence-electron chi connectivity index (χ1n) is 8.10.